The van der Waals surface area contributed by atoms with E-state index in [1.165, 1.54) is 11.3 Å². The molecule has 1 fully saturated rings. The minimum Gasteiger partial charge on any atom is -0.382 e. The number of nitrogen functional groups attached to an aromatic ring is 1. The number of anilines is 2. The van der Waals surface area contributed by atoms with Crippen molar-refractivity contribution >= 4 is 28.2 Å². The molecule has 2 rings (SSSR count). The van der Waals surface area contributed by atoms with Crippen LogP contribution in [0.5, 0.6) is 0 Å². The molecule has 0 bridgehead atoms. The Kier molecular flexibility index (Phi) is 4.09. The standard InChI is InChI=1S/C13H20N4OS/c1-4-7-17(8(2)3)12(18)10-11(14)16-13(19-10)15-9-5-6-9/h4,8-9H,1,5-7,14H2,2-3H3,(H,15,16). The van der Waals surface area contributed by atoms with E-state index in [2.05, 4.69) is 16.9 Å². The SMILES string of the molecule is C=CCN(C(=O)c1sc(NC2CC2)nc1N)C(C)C. The molecule has 1 aliphatic rings. The summed E-state index contributed by atoms with van der Waals surface area (Å²) in [5.41, 5.74) is 5.86. The van der Waals surface area contributed by atoms with Crippen molar-refractivity contribution in [2.75, 3.05) is 17.6 Å². The summed E-state index contributed by atoms with van der Waals surface area (Å²) in [6, 6.07) is 0.606. The first kappa shape index (κ1) is 13.9. The topological polar surface area (TPSA) is 71.2 Å². The van der Waals surface area contributed by atoms with Gasteiger partial charge in [0.25, 0.3) is 5.91 Å². The summed E-state index contributed by atoms with van der Waals surface area (Å²) in [5.74, 6) is 0.238. The number of rotatable bonds is 6. The monoisotopic (exact) mass is 280 g/mol. The van der Waals surface area contributed by atoms with Gasteiger partial charge in [-0.25, -0.2) is 4.98 Å². The van der Waals surface area contributed by atoms with Crippen LogP contribution in [0.3, 0.4) is 0 Å². The summed E-state index contributed by atoms with van der Waals surface area (Å²) >= 11 is 1.33. The number of thiazole rings is 1. The first-order chi connectivity index (χ1) is 9.02. The van der Waals surface area contributed by atoms with Crippen LogP contribution >= 0.6 is 11.3 Å². The number of hydrogen-bond acceptors (Lipinski definition) is 5. The van der Waals surface area contributed by atoms with Gasteiger partial charge in [0.2, 0.25) is 0 Å². The van der Waals surface area contributed by atoms with Crippen LogP contribution in [0.1, 0.15) is 36.4 Å². The smallest absolute Gasteiger partial charge is 0.268 e. The first-order valence-electron chi connectivity index (χ1n) is 6.47. The average molecular weight is 280 g/mol. The molecule has 0 aromatic carbocycles. The number of amides is 1. The molecule has 6 heteroatoms. The van der Waals surface area contributed by atoms with Crippen LogP contribution in [0, 0.1) is 0 Å². The lowest BCUT2D eigenvalue weighted by atomic mass is 10.3. The van der Waals surface area contributed by atoms with Crippen molar-refractivity contribution in [3.8, 4) is 0 Å². The third-order valence-electron chi connectivity index (χ3n) is 2.96. The quantitative estimate of drug-likeness (QED) is 0.785. The number of carbonyl (C=O) groups excluding carboxylic acids is 1. The molecule has 0 unspecified atom stereocenters. The van der Waals surface area contributed by atoms with Crippen LogP contribution in [0.2, 0.25) is 0 Å². The number of aromatic nitrogens is 1. The molecule has 3 N–H and O–H groups in total. The van der Waals surface area contributed by atoms with Crippen molar-refractivity contribution in [2.45, 2.75) is 38.8 Å². The minimum absolute atomic E-state index is 0.0752. The highest BCUT2D eigenvalue weighted by atomic mass is 32.1. The lowest BCUT2D eigenvalue weighted by Gasteiger charge is -2.24. The predicted octanol–water partition coefficient (Wildman–Crippen LogP) is 2.34. The Morgan fingerprint density at radius 3 is 2.89 bits per heavy atom. The average Bonchev–Trinajstić information content (AvgIpc) is 3.07. The zero-order valence-electron chi connectivity index (χ0n) is 11.3. The second kappa shape index (κ2) is 5.61. The fourth-order valence-electron chi connectivity index (χ4n) is 1.75. The van der Waals surface area contributed by atoms with Gasteiger partial charge in [0.05, 0.1) is 0 Å². The summed E-state index contributed by atoms with van der Waals surface area (Å²) in [5, 5.41) is 4.01. The Labute approximate surface area is 117 Å². The second-order valence-electron chi connectivity index (χ2n) is 4.99. The maximum absolute atomic E-state index is 12.5. The molecule has 0 aliphatic heterocycles. The molecular formula is C13H20N4OS. The normalized spacial score (nSPS) is 14.5. The molecule has 0 radical (unpaired) electrons. The molecule has 1 heterocycles. The van der Waals surface area contributed by atoms with E-state index < -0.39 is 0 Å². The van der Waals surface area contributed by atoms with Gasteiger partial charge < -0.3 is 16.0 Å². The molecular weight excluding hydrogens is 260 g/mol. The highest BCUT2D eigenvalue weighted by molar-refractivity contribution is 7.18. The van der Waals surface area contributed by atoms with E-state index >= 15 is 0 Å². The summed E-state index contributed by atoms with van der Waals surface area (Å²) in [4.78, 5) is 18.9. The van der Waals surface area contributed by atoms with Crippen molar-refractivity contribution in [2.24, 2.45) is 0 Å². The Bertz CT molecular complexity index is 479. The Morgan fingerprint density at radius 1 is 1.68 bits per heavy atom. The zero-order chi connectivity index (χ0) is 14.0. The number of hydrogen-bond donors (Lipinski definition) is 2. The fraction of sp³-hybridized carbons (Fsp3) is 0.538. The zero-order valence-corrected chi connectivity index (χ0v) is 12.2. The number of nitrogens with one attached hydrogen (secondary N) is 1. The van der Waals surface area contributed by atoms with Crippen LogP contribution in [0.4, 0.5) is 10.9 Å². The number of nitrogens with zero attached hydrogens (tertiary/aromatic N) is 2. The molecule has 0 saturated heterocycles. The molecule has 19 heavy (non-hydrogen) atoms. The van der Waals surface area contributed by atoms with Crippen molar-refractivity contribution in [3.63, 3.8) is 0 Å². The van der Waals surface area contributed by atoms with Gasteiger partial charge in [0.1, 0.15) is 10.7 Å². The Hall–Kier alpha value is -1.56. The number of carbonyl (C=O) groups is 1. The van der Waals surface area contributed by atoms with Gasteiger partial charge in [-0.3, -0.25) is 4.79 Å². The molecule has 1 aromatic heterocycles. The van der Waals surface area contributed by atoms with E-state index in [1.54, 1.807) is 11.0 Å². The molecule has 1 amide bonds. The highest BCUT2D eigenvalue weighted by Crippen LogP contribution is 2.31. The summed E-state index contributed by atoms with van der Waals surface area (Å²) in [6.07, 6.45) is 4.05. The maximum Gasteiger partial charge on any atom is 0.268 e. The van der Waals surface area contributed by atoms with Crippen LogP contribution in [-0.2, 0) is 0 Å². The van der Waals surface area contributed by atoms with Gasteiger partial charge in [-0.15, -0.1) is 6.58 Å². The van der Waals surface area contributed by atoms with E-state index in [9.17, 15) is 4.79 Å². The Balaban J connectivity index is 2.16. The van der Waals surface area contributed by atoms with Crippen LogP contribution in [0.25, 0.3) is 0 Å². The van der Waals surface area contributed by atoms with E-state index in [0.717, 1.165) is 18.0 Å². The largest absolute Gasteiger partial charge is 0.382 e. The third-order valence-corrected chi connectivity index (χ3v) is 3.95. The maximum atomic E-state index is 12.5. The first-order valence-corrected chi connectivity index (χ1v) is 7.29. The predicted molar refractivity (Wildman–Crippen MR) is 79.5 cm³/mol. The molecule has 0 spiro atoms. The second-order valence-corrected chi connectivity index (χ2v) is 5.99. The molecule has 104 valence electrons. The van der Waals surface area contributed by atoms with E-state index in [1.807, 2.05) is 13.8 Å². The van der Waals surface area contributed by atoms with Gasteiger partial charge in [-0.05, 0) is 26.7 Å². The lowest BCUT2D eigenvalue weighted by Crippen LogP contribution is -2.36. The Morgan fingerprint density at radius 2 is 2.37 bits per heavy atom. The van der Waals surface area contributed by atoms with Crippen molar-refractivity contribution in [3.05, 3.63) is 17.5 Å². The molecule has 1 saturated carbocycles. The van der Waals surface area contributed by atoms with Gasteiger partial charge in [-0.1, -0.05) is 17.4 Å². The van der Waals surface area contributed by atoms with Gasteiger partial charge in [0, 0.05) is 18.6 Å². The van der Waals surface area contributed by atoms with Crippen LogP contribution < -0.4 is 11.1 Å². The molecule has 1 aliphatic carbocycles. The van der Waals surface area contributed by atoms with E-state index in [0.29, 0.717) is 23.3 Å². The summed E-state index contributed by atoms with van der Waals surface area (Å²) < 4.78 is 0. The summed E-state index contributed by atoms with van der Waals surface area (Å²) in [7, 11) is 0. The van der Waals surface area contributed by atoms with E-state index in [4.69, 9.17) is 5.73 Å². The van der Waals surface area contributed by atoms with Crippen LogP contribution in [-0.4, -0.2) is 34.4 Å². The van der Waals surface area contributed by atoms with Crippen molar-refractivity contribution in [1.29, 1.82) is 0 Å². The van der Waals surface area contributed by atoms with Crippen molar-refractivity contribution in [1.82, 2.24) is 9.88 Å². The fourth-order valence-corrected chi connectivity index (χ4v) is 2.66. The molecule has 5 nitrogen and oxygen atoms in total. The third kappa shape index (κ3) is 3.26. The van der Waals surface area contributed by atoms with Gasteiger partial charge >= 0.3 is 0 Å². The van der Waals surface area contributed by atoms with Crippen LogP contribution in [0.15, 0.2) is 12.7 Å². The summed E-state index contributed by atoms with van der Waals surface area (Å²) in [6.45, 7) is 8.15. The highest BCUT2D eigenvalue weighted by Gasteiger charge is 2.26. The van der Waals surface area contributed by atoms with Crippen molar-refractivity contribution < 1.29 is 4.79 Å². The van der Waals surface area contributed by atoms with E-state index in [-0.39, 0.29) is 11.9 Å². The lowest BCUT2D eigenvalue weighted by molar-refractivity contribution is 0.0734. The molecule has 0 atom stereocenters. The number of nitrogens with two attached hydrogens (primary N) is 1. The molecule has 1 aromatic rings. The van der Waals surface area contributed by atoms with Gasteiger partial charge in [-0.2, -0.15) is 0 Å². The van der Waals surface area contributed by atoms with Gasteiger partial charge in [0.15, 0.2) is 5.13 Å². The minimum atomic E-state index is -0.0752.